The van der Waals surface area contributed by atoms with Gasteiger partial charge in [0.05, 0.1) is 12.5 Å². The molecule has 0 spiro atoms. The zero-order valence-corrected chi connectivity index (χ0v) is 16.2. The maximum Gasteiger partial charge on any atom is 0.313 e. The van der Waals surface area contributed by atoms with E-state index >= 15 is 0 Å². The molecule has 3 atom stereocenters. The number of carbonyl (C=O) groups excluding carboxylic acids is 2. The fourth-order valence-electron chi connectivity index (χ4n) is 5.10. The van der Waals surface area contributed by atoms with Gasteiger partial charge in [-0.2, -0.15) is 0 Å². The predicted octanol–water partition coefficient (Wildman–Crippen LogP) is 4.69. The Hall–Kier alpha value is -2.62. The summed E-state index contributed by atoms with van der Waals surface area (Å²) in [5.41, 5.74) is 1.35. The van der Waals surface area contributed by atoms with Gasteiger partial charge in [0.1, 0.15) is 0 Å². The van der Waals surface area contributed by atoms with E-state index in [9.17, 15) is 9.59 Å². The molecule has 0 radical (unpaired) electrons. The highest BCUT2D eigenvalue weighted by atomic mass is 16.5. The van der Waals surface area contributed by atoms with Gasteiger partial charge >= 0.3 is 11.9 Å². The van der Waals surface area contributed by atoms with Crippen molar-refractivity contribution in [2.75, 3.05) is 7.11 Å². The standard InChI is InChI=1S/C24H26O4/c1-27-21(25)15-20-14-17-12-13-24(20,16-17)23(26)28-22(18-8-4-2-5-9-18)19-10-6-3-7-11-19/h2-11,17,20,22H,12-16H2,1H3. The van der Waals surface area contributed by atoms with E-state index in [1.165, 1.54) is 7.11 Å². The van der Waals surface area contributed by atoms with Crippen LogP contribution in [-0.4, -0.2) is 19.0 Å². The first-order chi connectivity index (χ1) is 13.6. The molecule has 28 heavy (non-hydrogen) atoms. The molecule has 2 bridgehead atoms. The average Bonchev–Trinajstić information content (AvgIpc) is 3.32. The van der Waals surface area contributed by atoms with Crippen LogP contribution in [0.25, 0.3) is 0 Å². The van der Waals surface area contributed by atoms with Crippen LogP contribution in [0.15, 0.2) is 60.7 Å². The fraction of sp³-hybridized carbons (Fsp3) is 0.417. The van der Waals surface area contributed by atoms with E-state index in [-0.39, 0.29) is 17.9 Å². The highest BCUT2D eigenvalue weighted by Gasteiger charge is 2.58. The van der Waals surface area contributed by atoms with Crippen molar-refractivity contribution in [3.05, 3.63) is 71.8 Å². The zero-order valence-electron chi connectivity index (χ0n) is 16.2. The third kappa shape index (κ3) is 3.44. The van der Waals surface area contributed by atoms with Crippen LogP contribution in [0.4, 0.5) is 0 Å². The van der Waals surface area contributed by atoms with E-state index in [4.69, 9.17) is 9.47 Å². The van der Waals surface area contributed by atoms with Crippen LogP contribution in [-0.2, 0) is 19.1 Å². The third-order valence-corrected chi connectivity index (χ3v) is 6.53. The number of esters is 2. The molecule has 4 nitrogen and oxygen atoms in total. The van der Waals surface area contributed by atoms with Gasteiger partial charge in [-0.3, -0.25) is 9.59 Å². The Kier molecular flexibility index (Phi) is 5.21. The van der Waals surface area contributed by atoms with Gasteiger partial charge in [-0.05, 0) is 48.6 Å². The molecule has 2 fully saturated rings. The smallest absolute Gasteiger partial charge is 0.313 e. The van der Waals surface area contributed by atoms with Crippen LogP contribution in [0.5, 0.6) is 0 Å². The maximum atomic E-state index is 13.5. The number of fused-ring (bicyclic) bond motifs is 2. The van der Waals surface area contributed by atoms with Crippen molar-refractivity contribution in [2.24, 2.45) is 17.3 Å². The highest BCUT2D eigenvalue weighted by Crippen LogP contribution is 2.59. The lowest BCUT2D eigenvalue weighted by Gasteiger charge is -2.34. The summed E-state index contributed by atoms with van der Waals surface area (Å²) in [6.45, 7) is 0. The molecule has 3 unspecified atom stereocenters. The number of methoxy groups -OCH3 is 1. The minimum absolute atomic E-state index is 0.0124. The number of carbonyl (C=O) groups is 2. The Morgan fingerprint density at radius 2 is 1.64 bits per heavy atom. The molecule has 0 amide bonds. The molecule has 0 aromatic heterocycles. The number of benzene rings is 2. The Morgan fingerprint density at radius 3 is 2.18 bits per heavy atom. The molecule has 4 rings (SSSR count). The first-order valence-electron chi connectivity index (χ1n) is 10.00. The first-order valence-corrected chi connectivity index (χ1v) is 10.00. The van der Waals surface area contributed by atoms with Crippen molar-refractivity contribution < 1.29 is 19.1 Å². The van der Waals surface area contributed by atoms with E-state index in [1.54, 1.807) is 0 Å². The quantitative estimate of drug-likeness (QED) is 0.685. The van der Waals surface area contributed by atoms with Crippen LogP contribution in [0.2, 0.25) is 0 Å². The van der Waals surface area contributed by atoms with E-state index in [2.05, 4.69) is 0 Å². The summed E-state index contributed by atoms with van der Waals surface area (Å²) in [5, 5.41) is 0. The Bertz CT molecular complexity index is 793. The van der Waals surface area contributed by atoms with Gasteiger partial charge in [-0.25, -0.2) is 0 Å². The Balaban J connectivity index is 1.61. The fourth-order valence-corrected chi connectivity index (χ4v) is 5.10. The second kappa shape index (κ2) is 7.78. The number of ether oxygens (including phenoxy) is 2. The molecule has 2 aliphatic carbocycles. The average molecular weight is 378 g/mol. The highest BCUT2D eigenvalue weighted by molar-refractivity contribution is 5.80. The third-order valence-electron chi connectivity index (χ3n) is 6.53. The number of rotatable bonds is 6. The molecule has 0 heterocycles. The van der Waals surface area contributed by atoms with Crippen molar-refractivity contribution in [1.82, 2.24) is 0 Å². The van der Waals surface area contributed by atoms with Gasteiger partial charge in [-0.15, -0.1) is 0 Å². The van der Waals surface area contributed by atoms with E-state index < -0.39 is 11.5 Å². The van der Waals surface area contributed by atoms with Crippen LogP contribution in [0, 0.1) is 17.3 Å². The molecule has 2 aromatic carbocycles. The van der Waals surface area contributed by atoms with Crippen LogP contribution in [0.1, 0.15) is 49.3 Å². The lowest BCUT2D eigenvalue weighted by Crippen LogP contribution is -2.38. The summed E-state index contributed by atoms with van der Waals surface area (Å²) in [5.74, 6) is 0.110. The monoisotopic (exact) mass is 378 g/mol. The van der Waals surface area contributed by atoms with Gasteiger partial charge in [-0.1, -0.05) is 60.7 Å². The topological polar surface area (TPSA) is 52.6 Å². The van der Waals surface area contributed by atoms with E-state index in [0.29, 0.717) is 12.3 Å². The van der Waals surface area contributed by atoms with Gasteiger partial charge < -0.3 is 9.47 Å². The second-order valence-corrected chi connectivity index (χ2v) is 8.08. The molecule has 0 N–H and O–H groups in total. The molecule has 2 saturated carbocycles. The van der Waals surface area contributed by atoms with Crippen LogP contribution >= 0.6 is 0 Å². The van der Waals surface area contributed by atoms with E-state index in [0.717, 1.165) is 36.8 Å². The zero-order chi connectivity index (χ0) is 19.6. The molecule has 0 saturated heterocycles. The van der Waals surface area contributed by atoms with Crippen LogP contribution in [0.3, 0.4) is 0 Å². The molecule has 146 valence electrons. The van der Waals surface area contributed by atoms with Crippen molar-refractivity contribution in [2.45, 2.75) is 38.2 Å². The van der Waals surface area contributed by atoms with Crippen molar-refractivity contribution in [3.8, 4) is 0 Å². The van der Waals surface area contributed by atoms with Crippen molar-refractivity contribution >= 4 is 11.9 Å². The minimum Gasteiger partial charge on any atom is -0.469 e. The maximum absolute atomic E-state index is 13.5. The lowest BCUT2D eigenvalue weighted by atomic mass is 9.73. The van der Waals surface area contributed by atoms with Gasteiger partial charge in [0.15, 0.2) is 6.10 Å². The largest absolute Gasteiger partial charge is 0.469 e. The van der Waals surface area contributed by atoms with Gasteiger partial charge in [0.2, 0.25) is 0 Å². The molecule has 0 aliphatic heterocycles. The minimum atomic E-state index is -0.555. The Morgan fingerprint density at radius 1 is 1.04 bits per heavy atom. The lowest BCUT2D eigenvalue weighted by molar-refractivity contribution is -0.163. The summed E-state index contributed by atoms with van der Waals surface area (Å²) in [4.78, 5) is 25.4. The van der Waals surface area contributed by atoms with Crippen LogP contribution < -0.4 is 0 Å². The first kappa shape index (κ1) is 18.7. The summed E-state index contributed by atoms with van der Waals surface area (Å²) < 4.78 is 11.1. The summed E-state index contributed by atoms with van der Waals surface area (Å²) in [7, 11) is 1.40. The predicted molar refractivity (Wildman–Crippen MR) is 105 cm³/mol. The Labute approximate surface area is 165 Å². The van der Waals surface area contributed by atoms with Crippen molar-refractivity contribution in [3.63, 3.8) is 0 Å². The number of hydrogen-bond acceptors (Lipinski definition) is 4. The molecular formula is C24H26O4. The van der Waals surface area contributed by atoms with Gasteiger partial charge in [0.25, 0.3) is 0 Å². The normalized spacial score (nSPS) is 25.6. The van der Waals surface area contributed by atoms with E-state index in [1.807, 2.05) is 60.7 Å². The molecular weight excluding hydrogens is 352 g/mol. The van der Waals surface area contributed by atoms with Crippen molar-refractivity contribution in [1.29, 1.82) is 0 Å². The second-order valence-electron chi connectivity index (χ2n) is 8.08. The molecule has 2 aliphatic rings. The summed E-state index contributed by atoms with van der Waals surface area (Å²) in [6.07, 6.45) is 3.42. The van der Waals surface area contributed by atoms with Gasteiger partial charge in [0, 0.05) is 6.42 Å². The molecule has 4 heteroatoms. The number of hydrogen-bond donors (Lipinski definition) is 0. The summed E-state index contributed by atoms with van der Waals surface area (Å²) in [6, 6.07) is 19.7. The molecule has 2 aromatic rings. The summed E-state index contributed by atoms with van der Waals surface area (Å²) >= 11 is 0. The SMILES string of the molecule is COC(=O)CC1CC2CCC1(C(=O)OC(c1ccccc1)c1ccccc1)C2.